The minimum absolute atomic E-state index is 0.0709. The maximum atomic E-state index is 13.7. The Morgan fingerprint density at radius 3 is 2.33 bits per heavy atom. The van der Waals surface area contributed by atoms with E-state index in [4.69, 9.17) is 17.3 Å². The van der Waals surface area contributed by atoms with Crippen molar-refractivity contribution in [3.8, 4) is 0 Å². The molecule has 0 spiro atoms. The highest BCUT2D eigenvalue weighted by Gasteiger charge is 2.36. The number of benzene rings is 3. The van der Waals surface area contributed by atoms with Gasteiger partial charge in [0.25, 0.3) is 5.91 Å². The molecule has 3 aromatic carbocycles. The predicted octanol–water partition coefficient (Wildman–Crippen LogP) is 6.28. The van der Waals surface area contributed by atoms with Gasteiger partial charge in [0, 0.05) is 43.0 Å². The van der Waals surface area contributed by atoms with E-state index in [-0.39, 0.29) is 41.5 Å². The average molecular weight is 528 g/mol. The second-order valence-corrected chi connectivity index (χ2v) is 8.89. The number of hydrogen-bond acceptors (Lipinski definition) is 3. The van der Waals surface area contributed by atoms with Gasteiger partial charge in [-0.05, 0) is 54.4 Å². The summed E-state index contributed by atoms with van der Waals surface area (Å²) in [6.45, 7) is 0.00848. The first-order valence-electron chi connectivity index (χ1n) is 10.8. The number of nitrogens with two attached hydrogens (primary N) is 1. The molecule has 190 valence electrons. The predicted molar refractivity (Wildman–Crippen MR) is 124 cm³/mol. The van der Waals surface area contributed by atoms with Crippen LogP contribution >= 0.6 is 11.6 Å². The van der Waals surface area contributed by atoms with E-state index in [1.165, 1.54) is 17.0 Å². The van der Waals surface area contributed by atoms with E-state index in [0.717, 1.165) is 24.3 Å². The lowest BCUT2D eigenvalue weighted by atomic mass is 10.0. The number of nitrogens with zero attached hydrogens (tertiary/aromatic N) is 2. The molecule has 4 nitrogen and oxygen atoms in total. The van der Waals surface area contributed by atoms with E-state index < -0.39 is 41.1 Å². The number of alkyl halides is 3. The Labute approximate surface area is 207 Å². The molecule has 36 heavy (non-hydrogen) atoms. The van der Waals surface area contributed by atoms with Crippen molar-refractivity contribution in [1.82, 2.24) is 4.90 Å². The van der Waals surface area contributed by atoms with Crippen molar-refractivity contribution in [3.63, 3.8) is 0 Å². The molecule has 0 saturated carbocycles. The summed E-state index contributed by atoms with van der Waals surface area (Å²) in [5.41, 5.74) is 5.05. The Kier molecular flexibility index (Phi) is 7.08. The number of amides is 1. The minimum atomic E-state index is -4.79. The van der Waals surface area contributed by atoms with Gasteiger partial charge in [-0.2, -0.15) is 13.2 Å². The molecule has 0 radical (unpaired) electrons. The van der Waals surface area contributed by atoms with E-state index in [2.05, 4.69) is 0 Å². The highest BCUT2D eigenvalue weighted by molar-refractivity contribution is 6.33. The van der Waals surface area contributed by atoms with E-state index in [0.29, 0.717) is 24.2 Å². The van der Waals surface area contributed by atoms with Gasteiger partial charge in [0.15, 0.2) is 0 Å². The number of carbonyl (C=O) groups is 1. The Morgan fingerprint density at radius 1 is 1.00 bits per heavy atom. The normalized spacial score (nSPS) is 15.9. The summed E-state index contributed by atoms with van der Waals surface area (Å²) in [7, 11) is 0. The Hall–Kier alpha value is -3.40. The molecule has 1 saturated heterocycles. The maximum Gasteiger partial charge on any atom is 0.416 e. The third-order valence-corrected chi connectivity index (χ3v) is 6.36. The van der Waals surface area contributed by atoms with Crippen LogP contribution in [0.25, 0.3) is 0 Å². The van der Waals surface area contributed by atoms with E-state index in [9.17, 15) is 31.1 Å². The topological polar surface area (TPSA) is 49.6 Å². The van der Waals surface area contributed by atoms with Gasteiger partial charge in [0.1, 0.15) is 17.5 Å². The SMILES string of the molecule is Nc1ccc(N(Cc2ccc(F)cc2C(F)(F)F)[C@H]2CCN(C(=O)c3cc(F)cc(F)c3)C2)cc1Cl. The fourth-order valence-electron chi connectivity index (χ4n) is 4.30. The molecule has 3 aromatic rings. The second-order valence-electron chi connectivity index (χ2n) is 8.48. The fourth-order valence-corrected chi connectivity index (χ4v) is 4.48. The summed E-state index contributed by atoms with van der Waals surface area (Å²) < 4.78 is 81.9. The van der Waals surface area contributed by atoms with Gasteiger partial charge in [-0.25, -0.2) is 13.2 Å². The van der Waals surface area contributed by atoms with Crippen molar-refractivity contribution in [2.75, 3.05) is 23.7 Å². The van der Waals surface area contributed by atoms with E-state index in [1.807, 2.05) is 0 Å². The smallest absolute Gasteiger partial charge is 0.398 e. The van der Waals surface area contributed by atoms with Gasteiger partial charge in [0.2, 0.25) is 0 Å². The zero-order valence-electron chi connectivity index (χ0n) is 18.6. The molecule has 1 heterocycles. The largest absolute Gasteiger partial charge is 0.416 e. The number of anilines is 2. The summed E-state index contributed by atoms with van der Waals surface area (Å²) in [4.78, 5) is 15.9. The van der Waals surface area contributed by atoms with Crippen LogP contribution in [0.2, 0.25) is 5.02 Å². The summed E-state index contributed by atoms with van der Waals surface area (Å²) in [6, 6.07) is 9.06. The first-order valence-corrected chi connectivity index (χ1v) is 11.2. The van der Waals surface area contributed by atoms with Crippen molar-refractivity contribution in [2.24, 2.45) is 0 Å². The number of hydrogen-bond donors (Lipinski definition) is 1. The van der Waals surface area contributed by atoms with Crippen molar-refractivity contribution in [2.45, 2.75) is 25.2 Å². The second kappa shape index (κ2) is 9.93. The van der Waals surface area contributed by atoms with E-state index in [1.54, 1.807) is 11.0 Å². The highest BCUT2D eigenvalue weighted by atomic mass is 35.5. The summed E-state index contributed by atoms with van der Waals surface area (Å²) in [5.74, 6) is -3.43. The van der Waals surface area contributed by atoms with Crippen LogP contribution in [0.5, 0.6) is 0 Å². The Bertz CT molecular complexity index is 1280. The first-order chi connectivity index (χ1) is 16.9. The van der Waals surface area contributed by atoms with Crippen molar-refractivity contribution in [1.29, 1.82) is 0 Å². The third-order valence-electron chi connectivity index (χ3n) is 6.03. The molecular weight excluding hydrogens is 508 g/mol. The van der Waals surface area contributed by atoms with Gasteiger partial charge in [-0.15, -0.1) is 0 Å². The molecule has 1 aliphatic rings. The van der Waals surface area contributed by atoms with Crippen LogP contribution in [0.15, 0.2) is 54.6 Å². The van der Waals surface area contributed by atoms with Crippen molar-refractivity contribution in [3.05, 3.63) is 93.8 Å². The molecule has 1 fully saturated rings. The van der Waals surface area contributed by atoms with Crippen LogP contribution < -0.4 is 10.6 Å². The Balaban J connectivity index is 1.67. The lowest BCUT2D eigenvalue weighted by molar-refractivity contribution is -0.138. The molecule has 11 heteroatoms. The Morgan fingerprint density at radius 2 is 1.69 bits per heavy atom. The minimum Gasteiger partial charge on any atom is -0.398 e. The number of carbonyl (C=O) groups excluding carboxylic acids is 1. The third kappa shape index (κ3) is 5.53. The zero-order valence-corrected chi connectivity index (χ0v) is 19.4. The number of nitrogen functional groups attached to an aromatic ring is 1. The van der Waals surface area contributed by atoms with Crippen LogP contribution in [0.1, 0.15) is 27.9 Å². The van der Waals surface area contributed by atoms with Crippen LogP contribution in [0, 0.1) is 17.5 Å². The number of rotatable bonds is 5. The fraction of sp³-hybridized carbons (Fsp3) is 0.240. The quantitative estimate of drug-likeness (QED) is 0.314. The van der Waals surface area contributed by atoms with E-state index >= 15 is 0 Å². The maximum absolute atomic E-state index is 13.7. The molecule has 2 N–H and O–H groups in total. The molecule has 0 bridgehead atoms. The van der Waals surface area contributed by atoms with Gasteiger partial charge in [-0.3, -0.25) is 4.79 Å². The van der Waals surface area contributed by atoms with Crippen LogP contribution in [0.3, 0.4) is 0 Å². The molecule has 1 atom stereocenters. The van der Waals surface area contributed by atoms with Crippen molar-refractivity contribution >= 4 is 28.9 Å². The molecular formula is C25H20ClF6N3O. The van der Waals surface area contributed by atoms with Crippen LogP contribution in [-0.2, 0) is 12.7 Å². The summed E-state index contributed by atoms with van der Waals surface area (Å²) in [5, 5.41) is 0.189. The molecule has 4 rings (SSSR count). The lowest BCUT2D eigenvalue weighted by Crippen LogP contribution is -2.39. The van der Waals surface area contributed by atoms with Crippen LogP contribution in [0.4, 0.5) is 37.7 Å². The number of likely N-dealkylation sites (tertiary alicyclic amines) is 1. The van der Waals surface area contributed by atoms with Gasteiger partial charge >= 0.3 is 6.18 Å². The van der Waals surface area contributed by atoms with Gasteiger partial charge < -0.3 is 15.5 Å². The first kappa shape index (κ1) is 25.7. The van der Waals surface area contributed by atoms with Crippen molar-refractivity contribution < 1.29 is 31.1 Å². The molecule has 0 aliphatic carbocycles. The number of halogens is 7. The lowest BCUT2D eigenvalue weighted by Gasteiger charge is -2.32. The average Bonchev–Trinajstić information content (AvgIpc) is 3.28. The van der Waals surface area contributed by atoms with Crippen LogP contribution in [-0.4, -0.2) is 29.9 Å². The highest BCUT2D eigenvalue weighted by Crippen LogP contribution is 2.36. The zero-order chi connectivity index (χ0) is 26.2. The standard InChI is InChI=1S/C25H20ClF6N3O/c26-22-11-19(3-4-23(22)33)35(12-14-1-2-16(27)10-21(14)25(30,31)32)20-5-6-34(13-20)24(36)15-7-17(28)9-18(29)8-15/h1-4,7-11,20H,5-6,12-13,33H2/t20-/m0/s1. The summed E-state index contributed by atoms with van der Waals surface area (Å²) in [6.07, 6.45) is -4.44. The molecule has 0 unspecified atom stereocenters. The summed E-state index contributed by atoms with van der Waals surface area (Å²) >= 11 is 6.16. The van der Waals surface area contributed by atoms with Gasteiger partial charge in [-0.1, -0.05) is 17.7 Å². The van der Waals surface area contributed by atoms with Gasteiger partial charge in [0.05, 0.1) is 16.3 Å². The molecule has 1 amide bonds. The molecule has 0 aromatic heterocycles. The monoisotopic (exact) mass is 527 g/mol. The molecule has 1 aliphatic heterocycles.